The first kappa shape index (κ1) is 19.3. The van der Waals surface area contributed by atoms with Crippen LogP contribution >= 0.6 is 23.2 Å². The van der Waals surface area contributed by atoms with Crippen molar-refractivity contribution in [2.45, 2.75) is 13.3 Å². The van der Waals surface area contributed by atoms with E-state index in [1.54, 1.807) is 19.2 Å². The number of fused-ring (bicyclic) bond motifs is 1. The van der Waals surface area contributed by atoms with E-state index in [-0.39, 0.29) is 0 Å². The Morgan fingerprint density at radius 2 is 2.07 bits per heavy atom. The highest BCUT2D eigenvalue weighted by Crippen LogP contribution is 2.31. The van der Waals surface area contributed by atoms with Crippen LogP contribution in [0.25, 0.3) is 0 Å². The number of benzene rings is 2. The SMILES string of the molecule is CCN1CC/C(=N\OC(=O)Nc2cc(Cl)ccc2Cl)c2cc(OC)ccc21. The maximum Gasteiger partial charge on any atom is 0.437 e. The maximum atomic E-state index is 12.1. The highest BCUT2D eigenvalue weighted by atomic mass is 35.5. The fraction of sp³-hybridized carbons (Fsp3) is 0.263. The molecule has 2 aromatic carbocycles. The van der Waals surface area contributed by atoms with E-state index < -0.39 is 6.09 Å². The second-order valence-corrected chi connectivity index (χ2v) is 6.72. The van der Waals surface area contributed by atoms with Crippen molar-refractivity contribution in [2.75, 3.05) is 30.4 Å². The van der Waals surface area contributed by atoms with Crippen molar-refractivity contribution in [2.24, 2.45) is 5.16 Å². The van der Waals surface area contributed by atoms with Gasteiger partial charge in [0.25, 0.3) is 0 Å². The van der Waals surface area contributed by atoms with Crippen molar-refractivity contribution in [3.8, 4) is 5.75 Å². The van der Waals surface area contributed by atoms with E-state index in [2.05, 4.69) is 22.3 Å². The third-order valence-corrected chi connectivity index (χ3v) is 4.82. The molecule has 0 aliphatic carbocycles. The predicted molar refractivity (Wildman–Crippen MR) is 109 cm³/mol. The van der Waals surface area contributed by atoms with Crippen LogP contribution in [0.3, 0.4) is 0 Å². The average Bonchev–Trinajstić information content (AvgIpc) is 2.68. The fourth-order valence-electron chi connectivity index (χ4n) is 2.89. The van der Waals surface area contributed by atoms with E-state index >= 15 is 0 Å². The van der Waals surface area contributed by atoms with Crippen LogP contribution in [0.4, 0.5) is 16.2 Å². The molecule has 1 aliphatic rings. The van der Waals surface area contributed by atoms with Gasteiger partial charge in [-0.25, -0.2) is 4.79 Å². The Labute approximate surface area is 167 Å². The van der Waals surface area contributed by atoms with Crippen LogP contribution in [-0.4, -0.2) is 32.0 Å². The van der Waals surface area contributed by atoms with Crippen molar-refractivity contribution >= 4 is 46.4 Å². The molecule has 8 heteroatoms. The molecule has 142 valence electrons. The number of anilines is 2. The number of nitrogens with one attached hydrogen (secondary N) is 1. The summed E-state index contributed by atoms with van der Waals surface area (Å²) in [7, 11) is 1.61. The molecule has 0 aromatic heterocycles. The third-order valence-electron chi connectivity index (χ3n) is 4.26. The third kappa shape index (κ3) is 4.46. The first-order chi connectivity index (χ1) is 13.0. The summed E-state index contributed by atoms with van der Waals surface area (Å²) in [6.07, 6.45) is -0.0896. The topological polar surface area (TPSA) is 63.2 Å². The molecule has 27 heavy (non-hydrogen) atoms. The van der Waals surface area contributed by atoms with Gasteiger partial charge in [0, 0.05) is 35.8 Å². The molecule has 1 aliphatic heterocycles. The molecule has 3 rings (SSSR count). The van der Waals surface area contributed by atoms with Crippen LogP contribution in [-0.2, 0) is 4.84 Å². The summed E-state index contributed by atoms with van der Waals surface area (Å²) in [5, 5.41) is 7.41. The lowest BCUT2D eigenvalue weighted by molar-refractivity contribution is 0.166. The Balaban J connectivity index is 1.79. The van der Waals surface area contributed by atoms with Gasteiger partial charge in [-0.2, -0.15) is 0 Å². The van der Waals surface area contributed by atoms with E-state index in [4.69, 9.17) is 32.8 Å². The molecule has 0 saturated heterocycles. The van der Waals surface area contributed by atoms with Crippen LogP contribution in [0, 0.1) is 0 Å². The number of carbonyl (C=O) groups excluding carboxylic acids is 1. The Hall–Kier alpha value is -2.44. The Kier molecular flexibility index (Phi) is 6.08. The normalized spacial score (nSPS) is 14.7. The fourth-order valence-corrected chi connectivity index (χ4v) is 3.23. The number of halogens is 2. The number of amides is 1. The molecule has 2 aromatic rings. The minimum absolute atomic E-state index is 0.357. The maximum absolute atomic E-state index is 12.1. The molecule has 0 radical (unpaired) electrons. The van der Waals surface area contributed by atoms with Crippen LogP contribution in [0.2, 0.25) is 10.0 Å². The van der Waals surface area contributed by atoms with Crippen LogP contribution < -0.4 is 15.0 Å². The number of hydrogen-bond donors (Lipinski definition) is 1. The summed E-state index contributed by atoms with van der Waals surface area (Å²) in [6, 6.07) is 10.5. The number of ether oxygens (including phenoxy) is 1. The average molecular weight is 408 g/mol. The lowest BCUT2D eigenvalue weighted by atomic mass is 9.99. The lowest BCUT2D eigenvalue weighted by Crippen LogP contribution is -2.32. The molecule has 6 nitrogen and oxygen atoms in total. The Morgan fingerprint density at radius 3 is 2.81 bits per heavy atom. The summed E-state index contributed by atoms with van der Waals surface area (Å²) in [4.78, 5) is 19.4. The number of rotatable bonds is 4. The van der Waals surface area contributed by atoms with Gasteiger partial charge in [-0.3, -0.25) is 10.2 Å². The molecule has 0 bridgehead atoms. The molecule has 0 fully saturated rings. The van der Waals surface area contributed by atoms with Crippen molar-refractivity contribution in [3.05, 3.63) is 52.0 Å². The summed E-state index contributed by atoms with van der Waals surface area (Å²) < 4.78 is 5.31. The van der Waals surface area contributed by atoms with Gasteiger partial charge in [-0.15, -0.1) is 0 Å². The van der Waals surface area contributed by atoms with E-state index in [0.717, 1.165) is 30.1 Å². The Morgan fingerprint density at radius 1 is 1.26 bits per heavy atom. The number of carbonyl (C=O) groups is 1. The molecule has 1 amide bonds. The number of nitrogens with zero attached hydrogens (tertiary/aromatic N) is 2. The van der Waals surface area contributed by atoms with Gasteiger partial charge in [0.05, 0.1) is 23.5 Å². The van der Waals surface area contributed by atoms with Gasteiger partial charge in [0.1, 0.15) is 5.75 Å². The van der Waals surface area contributed by atoms with Crippen molar-refractivity contribution in [1.82, 2.24) is 0 Å². The lowest BCUT2D eigenvalue weighted by Gasteiger charge is -2.30. The minimum Gasteiger partial charge on any atom is -0.497 e. The molecule has 0 unspecified atom stereocenters. The van der Waals surface area contributed by atoms with Gasteiger partial charge < -0.3 is 9.64 Å². The van der Waals surface area contributed by atoms with E-state index in [1.807, 2.05) is 18.2 Å². The molecule has 0 saturated carbocycles. The van der Waals surface area contributed by atoms with Crippen LogP contribution in [0.5, 0.6) is 5.75 Å². The molecular formula is C19H19Cl2N3O3. The first-order valence-electron chi connectivity index (χ1n) is 8.45. The monoisotopic (exact) mass is 407 g/mol. The smallest absolute Gasteiger partial charge is 0.437 e. The summed E-state index contributed by atoms with van der Waals surface area (Å²) in [5.41, 5.74) is 2.96. The minimum atomic E-state index is -0.742. The molecule has 1 heterocycles. The van der Waals surface area contributed by atoms with Gasteiger partial charge >= 0.3 is 6.09 Å². The zero-order valence-electron chi connectivity index (χ0n) is 15.0. The molecule has 0 spiro atoms. The van der Waals surface area contributed by atoms with Gasteiger partial charge in [0.2, 0.25) is 0 Å². The van der Waals surface area contributed by atoms with Gasteiger partial charge in [0.15, 0.2) is 0 Å². The highest BCUT2D eigenvalue weighted by Gasteiger charge is 2.22. The van der Waals surface area contributed by atoms with Crippen molar-refractivity contribution in [3.63, 3.8) is 0 Å². The van der Waals surface area contributed by atoms with E-state index in [0.29, 0.717) is 27.9 Å². The second-order valence-electron chi connectivity index (χ2n) is 5.88. The van der Waals surface area contributed by atoms with Crippen LogP contribution in [0.1, 0.15) is 18.9 Å². The predicted octanol–water partition coefficient (Wildman–Crippen LogP) is 5.18. The number of methoxy groups -OCH3 is 1. The van der Waals surface area contributed by atoms with Crippen molar-refractivity contribution < 1.29 is 14.4 Å². The van der Waals surface area contributed by atoms with Crippen LogP contribution in [0.15, 0.2) is 41.6 Å². The second kappa shape index (κ2) is 8.50. The Bertz CT molecular complexity index is 886. The summed E-state index contributed by atoms with van der Waals surface area (Å²) in [5.74, 6) is 0.717. The van der Waals surface area contributed by atoms with E-state index in [9.17, 15) is 4.79 Å². The molecule has 0 atom stereocenters. The zero-order valence-corrected chi connectivity index (χ0v) is 16.5. The number of oxime groups is 1. The van der Waals surface area contributed by atoms with Crippen molar-refractivity contribution in [1.29, 1.82) is 0 Å². The molecular weight excluding hydrogens is 389 g/mol. The first-order valence-corrected chi connectivity index (χ1v) is 9.20. The highest BCUT2D eigenvalue weighted by molar-refractivity contribution is 6.35. The number of hydrogen-bond acceptors (Lipinski definition) is 5. The molecule has 1 N–H and O–H groups in total. The summed E-state index contributed by atoms with van der Waals surface area (Å²) in [6.45, 7) is 3.76. The van der Waals surface area contributed by atoms with Gasteiger partial charge in [-0.05, 0) is 43.3 Å². The quantitative estimate of drug-likeness (QED) is 0.559. The standard InChI is InChI=1S/C19H19Cl2N3O3/c1-3-24-9-8-16(14-11-13(26-2)5-7-18(14)24)23-27-19(25)22-17-10-12(20)4-6-15(17)21/h4-7,10-11H,3,8-9H2,1-2H3,(H,22,25)/b23-16+. The summed E-state index contributed by atoms with van der Waals surface area (Å²) >= 11 is 12.0. The zero-order chi connectivity index (χ0) is 19.4. The van der Waals surface area contributed by atoms with Gasteiger partial charge in [-0.1, -0.05) is 28.4 Å². The van der Waals surface area contributed by atoms with E-state index in [1.165, 1.54) is 6.07 Å². The largest absolute Gasteiger partial charge is 0.497 e.